The average Bonchev–Trinajstić information content (AvgIpc) is 2.80. The van der Waals surface area contributed by atoms with Gasteiger partial charge in [0, 0.05) is 0 Å². The van der Waals surface area contributed by atoms with Crippen LogP contribution in [0, 0.1) is 0 Å². The van der Waals surface area contributed by atoms with E-state index in [4.69, 9.17) is 0 Å². The lowest BCUT2D eigenvalue weighted by atomic mass is 9.86. The molecule has 11 heteroatoms. The van der Waals surface area contributed by atoms with Gasteiger partial charge in [-0.15, -0.1) is 13.2 Å². The lowest BCUT2D eigenvalue weighted by molar-refractivity contribution is -0.300. The number of ether oxygens (including phenoxy) is 1. The highest BCUT2D eigenvalue weighted by Gasteiger charge is 2.37. The van der Waals surface area contributed by atoms with E-state index in [1.54, 1.807) is 24.3 Å². The van der Waals surface area contributed by atoms with Crippen molar-refractivity contribution < 1.29 is 45.8 Å². The summed E-state index contributed by atoms with van der Waals surface area (Å²) in [5, 5.41) is 11.4. The van der Waals surface area contributed by atoms with Gasteiger partial charge in [0.05, 0.1) is 17.8 Å². The van der Waals surface area contributed by atoms with Crippen molar-refractivity contribution in [1.82, 2.24) is 0 Å². The average molecular weight is 538 g/mol. The summed E-state index contributed by atoms with van der Waals surface area (Å²) in [5.74, 6) is -4.41. The van der Waals surface area contributed by atoms with E-state index in [1.807, 2.05) is 20.8 Å². The third kappa shape index (κ3) is 7.05. The summed E-state index contributed by atoms with van der Waals surface area (Å²) >= 11 is 0. The highest BCUT2D eigenvalue weighted by molar-refractivity contribution is 6.36. The van der Waals surface area contributed by atoms with Gasteiger partial charge in [0.25, 0.3) is 5.91 Å². The Kier molecular flexibility index (Phi) is 7.81. The van der Waals surface area contributed by atoms with Crippen molar-refractivity contribution in [2.24, 2.45) is 0 Å². The fraction of sp³-hybridized carbons (Fsp3) is 0.259. The smallest absolute Gasteiger partial charge is 0.540 e. The quantitative estimate of drug-likeness (QED) is 0.302. The van der Waals surface area contributed by atoms with E-state index >= 15 is 0 Å². The molecule has 0 aliphatic carbocycles. The molecule has 0 heterocycles. The van der Waals surface area contributed by atoms with Crippen molar-refractivity contribution in [2.45, 2.75) is 45.3 Å². The molecule has 0 bridgehead atoms. The van der Waals surface area contributed by atoms with Crippen LogP contribution in [0.3, 0.4) is 0 Å². The number of amides is 1. The fourth-order valence-electron chi connectivity index (χ4n) is 3.70. The van der Waals surface area contributed by atoms with Crippen LogP contribution in [0.25, 0.3) is 11.1 Å². The van der Waals surface area contributed by atoms with Crippen LogP contribution in [0.4, 0.5) is 32.0 Å². The zero-order chi connectivity index (χ0) is 28.5. The molecule has 0 atom stereocenters. The van der Waals surface area contributed by atoms with Crippen LogP contribution < -0.4 is 14.7 Å². The molecule has 38 heavy (non-hydrogen) atoms. The molecule has 0 spiro atoms. The number of anilines is 1. The number of carbonyl (C=O) groups excluding carboxylic acids is 2. The van der Waals surface area contributed by atoms with Gasteiger partial charge in [0.2, 0.25) is 0 Å². The lowest BCUT2D eigenvalue weighted by Gasteiger charge is -2.27. The van der Waals surface area contributed by atoms with E-state index in [2.05, 4.69) is 4.74 Å². The van der Waals surface area contributed by atoms with Gasteiger partial charge < -0.3 is 19.5 Å². The number of carbonyl (C=O) groups is 2. The van der Waals surface area contributed by atoms with Gasteiger partial charge in [-0.05, 0) is 51.9 Å². The molecule has 0 aliphatic rings. The molecule has 3 rings (SSSR count). The standard InChI is InChI=1S/C27H23F6NO4/c1-25(2,3)19-9-4-16(5-10-19)15-34(23(35)24(36)37)22-13-8-18(14-21(22)26(28,29)30)17-6-11-20(12-7-17)38-27(31,32)33/h4-14H,15H2,1-3H3,(H,36,37)/p-1. The van der Waals surface area contributed by atoms with Crippen LogP contribution in [0.5, 0.6) is 5.75 Å². The van der Waals surface area contributed by atoms with Gasteiger partial charge in [-0.1, -0.05) is 63.2 Å². The SMILES string of the molecule is CC(C)(C)c1ccc(CN(C(=O)C(=O)[O-])c2ccc(-c3ccc(OC(F)(F)F)cc3)cc2C(F)(F)F)cc1. The first-order valence-corrected chi connectivity index (χ1v) is 11.2. The second-order valence-corrected chi connectivity index (χ2v) is 9.43. The molecular weight excluding hydrogens is 516 g/mol. The van der Waals surface area contributed by atoms with E-state index in [0.717, 1.165) is 35.9 Å². The van der Waals surface area contributed by atoms with Crippen LogP contribution in [-0.2, 0) is 27.7 Å². The molecule has 202 valence electrons. The predicted octanol–water partition coefficient (Wildman–Crippen LogP) is 5.85. The number of hydrogen-bond donors (Lipinski definition) is 0. The van der Waals surface area contributed by atoms with Crippen molar-refractivity contribution in [3.8, 4) is 16.9 Å². The zero-order valence-electron chi connectivity index (χ0n) is 20.4. The van der Waals surface area contributed by atoms with E-state index < -0.39 is 48.0 Å². The Morgan fingerprint density at radius 2 is 1.37 bits per heavy atom. The maximum absolute atomic E-state index is 14.1. The molecule has 0 saturated heterocycles. The van der Waals surface area contributed by atoms with E-state index in [-0.39, 0.29) is 16.5 Å². The molecule has 0 N–H and O–H groups in total. The number of benzene rings is 3. The van der Waals surface area contributed by atoms with Crippen molar-refractivity contribution in [3.05, 3.63) is 83.4 Å². The van der Waals surface area contributed by atoms with E-state index in [0.29, 0.717) is 16.5 Å². The number of rotatable bonds is 5. The molecule has 0 radical (unpaired) electrons. The van der Waals surface area contributed by atoms with Crippen LogP contribution in [0.2, 0.25) is 0 Å². The summed E-state index contributed by atoms with van der Waals surface area (Å²) in [7, 11) is 0. The number of carboxylic acids is 1. The lowest BCUT2D eigenvalue weighted by Crippen LogP contribution is -2.44. The minimum absolute atomic E-state index is 0.0324. The van der Waals surface area contributed by atoms with Gasteiger partial charge >= 0.3 is 12.5 Å². The van der Waals surface area contributed by atoms with Crippen molar-refractivity contribution >= 4 is 17.6 Å². The summed E-state index contributed by atoms with van der Waals surface area (Å²) in [5.41, 5.74) is -0.841. The Labute approximate surface area is 214 Å². The highest BCUT2D eigenvalue weighted by atomic mass is 19.4. The molecule has 1 amide bonds. The summed E-state index contributed by atoms with van der Waals surface area (Å²) < 4.78 is 83.2. The fourth-order valence-corrected chi connectivity index (χ4v) is 3.70. The first kappa shape index (κ1) is 28.5. The topological polar surface area (TPSA) is 69.7 Å². The molecule has 0 unspecified atom stereocenters. The van der Waals surface area contributed by atoms with Gasteiger partial charge in [-0.3, -0.25) is 4.79 Å². The minimum atomic E-state index is -5.01. The Balaban J connectivity index is 2.04. The largest absolute Gasteiger partial charge is 0.573 e. The monoisotopic (exact) mass is 538 g/mol. The minimum Gasteiger partial charge on any atom is -0.540 e. The normalized spacial score (nSPS) is 12.2. The second kappa shape index (κ2) is 10.4. The molecule has 3 aromatic carbocycles. The van der Waals surface area contributed by atoms with Crippen molar-refractivity contribution in [2.75, 3.05) is 4.90 Å². The van der Waals surface area contributed by atoms with Crippen LogP contribution in [0.1, 0.15) is 37.5 Å². The maximum atomic E-state index is 14.1. The Hall–Kier alpha value is -4.02. The highest BCUT2D eigenvalue weighted by Crippen LogP contribution is 2.40. The first-order chi connectivity index (χ1) is 17.5. The maximum Gasteiger partial charge on any atom is 0.573 e. The summed E-state index contributed by atoms with van der Waals surface area (Å²) in [6.45, 7) is 5.40. The van der Waals surface area contributed by atoms with Crippen molar-refractivity contribution in [1.29, 1.82) is 0 Å². The number of alkyl halides is 6. The summed E-state index contributed by atoms with van der Waals surface area (Å²) in [6, 6.07) is 13.6. The van der Waals surface area contributed by atoms with E-state index in [1.165, 1.54) is 6.07 Å². The van der Waals surface area contributed by atoms with Crippen LogP contribution in [-0.4, -0.2) is 18.2 Å². The Bertz CT molecular complexity index is 1310. The summed E-state index contributed by atoms with van der Waals surface area (Å²) in [6.07, 6.45) is -9.94. The molecule has 0 saturated carbocycles. The van der Waals surface area contributed by atoms with Gasteiger partial charge in [-0.25, -0.2) is 0 Å². The molecular formula is C27H22F6NO4-. The number of halogens is 6. The Morgan fingerprint density at radius 3 is 1.84 bits per heavy atom. The second-order valence-electron chi connectivity index (χ2n) is 9.43. The molecule has 0 aliphatic heterocycles. The number of hydrogen-bond acceptors (Lipinski definition) is 4. The summed E-state index contributed by atoms with van der Waals surface area (Å²) in [4.78, 5) is 24.3. The molecule has 5 nitrogen and oxygen atoms in total. The Morgan fingerprint density at radius 1 is 0.816 bits per heavy atom. The zero-order valence-corrected chi connectivity index (χ0v) is 20.4. The number of carboxylic acid groups (broad SMARTS) is 1. The number of nitrogens with zero attached hydrogens (tertiary/aromatic N) is 1. The third-order valence-corrected chi connectivity index (χ3v) is 5.59. The third-order valence-electron chi connectivity index (χ3n) is 5.59. The van der Waals surface area contributed by atoms with Gasteiger partial charge in [-0.2, -0.15) is 13.2 Å². The molecule has 0 aromatic heterocycles. The predicted molar refractivity (Wildman–Crippen MR) is 125 cm³/mol. The van der Waals surface area contributed by atoms with E-state index in [9.17, 15) is 41.0 Å². The number of aliphatic carboxylic acids is 1. The van der Waals surface area contributed by atoms with Crippen molar-refractivity contribution in [3.63, 3.8) is 0 Å². The first-order valence-electron chi connectivity index (χ1n) is 11.2. The van der Waals surface area contributed by atoms with Crippen LogP contribution in [0.15, 0.2) is 66.7 Å². The van der Waals surface area contributed by atoms with Gasteiger partial charge in [0.1, 0.15) is 11.7 Å². The van der Waals surface area contributed by atoms with Crippen LogP contribution >= 0.6 is 0 Å². The molecule has 3 aromatic rings. The molecule has 0 fully saturated rings. The van der Waals surface area contributed by atoms with Gasteiger partial charge in [0.15, 0.2) is 0 Å².